The molecule has 0 aromatic carbocycles. The van der Waals surface area contributed by atoms with Crippen LogP contribution in [-0.4, -0.2) is 49.2 Å². The zero-order valence-corrected chi connectivity index (χ0v) is 8.95. The van der Waals surface area contributed by atoms with Gasteiger partial charge in [-0.25, -0.2) is 0 Å². The molecule has 3 fully saturated rings. The van der Waals surface area contributed by atoms with E-state index in [9.17, 15) is 4.79 Å². The minimum absolute atomic E-state index is 0.135. The minimum Gasteiger partial charge on any atom is -0.368 e. The summed E-state index contributed by atoms with van der Waals surface area (Å²) in [7, 11) is 0. The highest BCUT2D eigenvalue weighted by Gasteiger charge is 2.42. The summed E-state index contributed by atoms with van der Waals surface area (Å²) in [6.45, 7) is 3.76. The molecule has 0 aromatic heterocycles. The normalized spacial score (nSPS) is 39.7. The van der Waals surface area contributed by atoms with Gasteiger partial charge in [0.25, 0.3) is 5.91 Å². The maximum Gasteiger partial charge on any atom is 0.252 e. The Morgan fingerprint density at radius 1 is 1.33 bits per heavy atom. The predicted octanol–water partition coefficient (Wildman–Crippen LogP) is -0.0143. The van der Waals surface area contributed by atoms with Crippen LogP contribution in [0.4, 0.5) is 0 Å². The van der Waals surface area contributed by atoms with Crippen molar-refractivity contribution in [3.05, 3.63) is 0 Å². The Balaban J connectivity index is 1.68. The Morgan fingerprint density at radius 3 is 3.07 bits per heavy atom. The Morgan fingerprint density at radius 2 is 2.27 bits per heavy atom. The average molecular weight is 210 g/mol. The highest BCUT2D eigenvalue weighted by atomic mass is 16.5. The number of nitrogens with one attached hydrogen (secondary N) is 1. The lowest BCUT2D eigenvalue weighted by atomic mass is 10.0. The summed E-state index contributed by atoms with van der Waals surface area (Å²) in [4.78, 5) is 14.2. The molecule has 0 radical (unpaired) electrons. The van der Waals surface area contributed by atoms with Gasteiger partial charge in [-0.3, -0.25) is 4.79 Å². The first kappa shape index (κ1) is 9.60. The summed E-state index contributed by atoms with van der Waals surface area (Å²) >= 11 is 0. The number of nitrogens with zero attached hydrogens (tertiary/aromatic N) is 1. The fraction of sp³-hybridized carbons (Fsp3) is 0.909. The molecule has 0 aromatic rings. The van der Waals surface area contributed by atoms with Crippen LogP contribution in [0.3, 0.4) is 0 Å². The van der Waals surface area contributed by atoms with Gasteiger partial charge >= 0.3 is 0 Å². The van der Waals surface area contributed by atoms with Crippen LogP contribution in [0.5, 0.6) is 0 Å². The van der Waals surface area contributed by atoms with E-state index >= 15 is 0 Å². The second kappa shape index (κ2) is 3.76. The molecule has 0 spiro atoms. The van der Waals surface area contributed by atoms with Crippen molar-refractivity contribution in [2.45, 2.75) is 31.4 Å². The molecule has 0 bridgehead atoms. The molecule has 0 aliphatic carbocycles. The molecule has 3 saturated heterocycles. The quantitative estimate of drug-likeness (QED) is 0.661. The molecule has 0 saturated carbocycles. The van der Waals surface area contributed by atoms with Crippen LogP contribution in [-0.2, 0) is 9.53 Å². The Bertz CT molecular complexity index is 263. The van der Waals surface area contributed by atoms with Gasteiger partial charge in [-0.15, -0.1) is 0 Å². The van der Waals surface area contributed by atoms with Gasteiger partial charge in [0.05, 0.1) is 0 Å². The molecule has 3 rings (SSSR count). The summed E-state index contributed by atoms with van der Waals surface area (Å²) in [5.41, 5.74) is 0. The Kier molecular flexibility index (Phi) is 2.41. The molecular formula is C11H18N2O2. The van der Waals surface area contributed by atoms with Crippen LogP contribution in [0, 0.1) is 5.92 Å². The van der Waals surface area contributed by atoms with Gasteiger partial charge in [-0.1, -0.05) is 0 Å². The number of carbonyl (C=O) groups is 1. The maximum atomic E-state index is 12.2. The molecule has 3 aliphatic rings. The second-order valence-corrected chi connectivity index (χ2v) is 4.81. The molecule has 84 valence electrons. The van der Waals surface area contributed by atoms with Gasteiger partial charge in [0.1, 0.15) is 6.10 Å². The van der Waals surface area contributed by atoms with Gasteiger partial charge < -0.3 is 15.0 Å². The second-order valence-electron chi connectivity index (χ2n) is 4.81. The molecule has 4 nitrogen and oxygen atoms in total. The van der Waals surface area contributed by atoms with E-state index in [0.29, 0.717) is 12.0 Å². The van der Waals surface area contributed by atoms with Gasteiger partial charge in [-0.05, 0) is 25.2 Å². The number of rotatable bonds is 1. The lowest BCUT2D eigenvalue weighted by Gasteiger charge is -2.25. The standard InChI is InChI=1S/C11H18N2O2/c14-11(10-2-1-5-15-10)13-4-3-8-6-12-7-9(8)13/h8-10,12H,1-7H2/t8-,9+,10?/m0/s1. The van der Waals surface area contributed by atoms with Gasteiger partial charge in [0.15, 0.2) is 0 Å². The van der Waals surface area contributed by atoms with E-state index in [-0.39, 0.29) is 12.0 Å². The van der Waals surface area contributed by atoms with Crippen molar-refractivity contribution >= 4 is 5.91 Å². The average Bonchev–Trinajstić information content (AvgIpc) is 2.94. The zero-order chi connectivity index (χ0) is 10.3. The molecular weight excluding hydrogens is 192 g/mol. The molecule has 3 heterocycles. The van der Waals surface area contributed by atoms with Crippen molar-refractivity contribution in [3.8, 4) is 0 Å². The van der Waals surface area contributed by atoms with Crippen molar-refractivity contribution in [1.82, 2.24) is 10.2 Å². The van der Waals surface area contributed by atoms with Crippen LogP contribution in [0.1, 0.15) is 19.3 Å². The molecule has 1 N–H and O–H groups in total. The number of hydrogen-bond donors (Lipinski definition) is 1. The van der Waals surface area contributed by atoms with E-state index in [0.717, 1.165) is 45.5 Å². The molecule has 3 aliphatic heterocycles. The van der Waals surface area contributed by atoms with Crippen LogP contribution >= 0.6 is 0 Å². The maximum absolute atomic E-state index is 12.2. The SMILES string of the molecule is O=C(C1CCCO1)N1CC[C@H]2CNC[C@H]21. The smallest absolute Gasteiger partial charge is 0.252 e. The summed E-state index contributed by atoms with van der Waals surface area (Å²) < 4.78 is 5.46. The van der Waals surface area contributed by atoms with E-state index < -0.39 is 0 Å². The number of fused-ring (bicyclic) bond motifs is 1. The fourth-order valence-corrected chi connectivity index (χ4v) is 3.08. The van der Waals surface area contributed by atoms with Gasteiger partial charge in [0.2, 0.25) is 0 Å². The van der Waals surface area contributed by atoms with Crippen LogP contribution in [0.2, 0.25) is 0 Å². The summed E-state index contributed by atoms with van der Waals surface area (Å²) in [5.74, 6) is 0.930. The highest BCUT2D eigenvalue weighted by Crippen LogP contribution is 2.29. The number of hydrogen-bond acceptors (Lipinski definition) is 3. The van der Waals surface area contributed by atoms with Crippen LogP contribution < -0.4 is 5.32 Å². The zero-order valence-electron chi connectivity index (χ0n) is 8.95. The van der Waals surface area contributed by atoms with E-state index in [1.54, 1.807) is 0 Å². The van der Waals surface area contributed by atoms with Crippen molar-refractivity contribution < 1.29 is 9.53 Å². The van der Waals surface area contributed by atoms with E-state index in [2.05, 4.69) is 10.2 Å². The molecule has 15 heavy (non-hydrogen) atoms. The van der Waals surface area contributed by atoms with Crippen molar-refractivity contribution in [2.24, 2.45) is 5.92 Å². The topological polar surface area (TPSA) is 41.6 Å². The Labute approximate surface area is 90.0 Å². The van der Waals surface area contributed by atoms with Gasteiger partial charge in [0, 0.05) is 32.3 Å². The minimum atomic E-state index is -0.135. The molecule has 4 heteroatoms. The highest BCUT2D eigenvalue weighted by molar-refractivity contribution is 5.81. The molecule has 3 atom stereocenters. The fourth-order valence-electron chi connectivity index (χ4n) is 3.08. The lowest BCUT2D eigenvalue weighted by Crippen LogP contribution is -2.44. The Hall–Kier alpha value is -0.610. The monoisotopic (exact) mass is 210 g/mol. The largest absolute Gasteiger partial charge is 0.368 e. The predicted molar refractivity (Wildman–Crippen MR) is 55.5 cm³/mol. The first-order chi connectivity index (χ1) is 7.36. The van der Waals surface area contributed by atoms with E-state index in [4.69, 9.17) is 4.74 Å². The number of likely N-dealkylation sites (tertiary alicyclic amines) is 1. The van der Waals surface area contributed by atoms with E-state index in [1.807, 2.05) is 0 Å². The van der Waals surface area contributed by atoms with Crippen LogP contribution in [0.25, 0.3) is 0 Å². The van der Waals surface area contributed by atoms with E-state index in [1.165, 1.54) is 0 Å². The third-order valence-corrected chi connectivity index (χ3v) is 3.93. The van der Waals surface area contributed by atoms with Crippen molar-refractivity contribution in [2.75, 3.05) is 26.2 Å². The third-order valence-electron chi connectivity index (χ3n) is 3.93. The summed E-state index contributed by atoms with van der Waals surface area (Å²) in [5, 5.41) is 3.36. The van der Waals surface area contributed by atoms with Crippen molar-refractivity contribution in [3.63, 3.8) is 0 Å². The first-order valence-electron chi connectivity index (χ1n) is 5.99. The van der Waals surface area contributed by atoms with Crippen molar-refractivity contribution in [1.29, 1.82) is 0 Å². The lowest BCUT2D eigenvalue weighted by molar-refractivity contribution is -0.141. The third kappa shape index (κ3) is 1.56. The molecule has 1 amide bonds. The number of amides is 1. The number of carbonyl (C=O) groups excluding carboxylic acids is 1. The van der Waals surface area contributed by atoms with Gasteiger partial charge in [-0.2, -0.15) is 0 Å². The number of ether oxygens (including phenoxy) is 1. The molecule has 1 unspecified atom stereocenters. The van der Waals surface area contributed by atoms with Crippen LogP contribution in [0.15, 0.2) is 0 Å². The summed E-state index contributed by atoms with van der Waals surface area (Å²) in [6.07, 6.45) is 2.98. The first-order valence-corrected chi connectivity index (χ1v) is 5.99. The summed E-state index contributed by atoms with van der Waals surface area (Å²) in [6, 6.07) is 0.446.